The Bertz CT molecular complexity index is 332. The van der Waals surface area contributed by atoms with E-state index in [9.17, 15) is 0 Å². The van der Waals surface area contributed by atoms with Crippen LogP contribution in [0.25, 0.3) is 0 Å². The maximum Gasteiger partial charge on any atom is 0.149 e. The third kappa shape index (κ3) is 6.00. The highest BCUT2D eigenvalue weighted by Gasteiger charge is 2.06. The number of hydrogen-bond donors (Lipinski definition) is 1. The molecule has 17 heavy (non-hydrogen) atoms. The summed E-state index contributed by atoms with van der Waals surface area (Å²) in [5.41, 5.74) is 4.19. The Kier molecular flexibility index (Phi) is 5.60. The molecular weight excluding hydrogens is 212 g/mol. The highest BCUT2D eigenvalue weighted by atomic mass is 15.3. The molecule has 0 saturated heterocycles. The average Bonchev–Trinajstić information content (AvgIpc) is 2.26. The van der Waals surface area contributed by atoms with Crippen LogP contribution in [0.4, 0.5) is 5.82 Å². The molecular formula is C13H22N4. The molecule has 0 atom stereocenters. The Morgan fingerprint density at radius 2 is 1.88 bits per heavy atom. The van der Waals surface area contributed by atoms with E-state index in [-0.39, 0.29) is 0 Å². The number of nitrogens with one attached hydrogen (secondary N) is 1. The SMILES string of the molecule is CC(C)CC(CC(C)C)=NNc1ccncn1. The molecule has 0 radical (unpaired) electrons. The van der Waals surface area contributed by atoms with Gasteiger partial charge in [-0.2, -0.15) is 5.10 Å². The van der Waals surface area contributed by atoms with Crippen molar-refractivity contribution in [2.45, 2.75) is 40.5 Å². The van der Waals surface area contributed by atoms with E-state index in [0.717, 1.165) is 18.7 Å². The van der Waals surface area contributed by atoms with E-state index in [1.807, 2.05) is 6.07 Å². The zero-order chi connectivity index (χ0) is 12.7. The quantitative estimate of drug-likeness (QED) is 0.606. The van der Waals surface area contributed by atoms with Gasteiger partial charge < -0.3 is 0 Å². The smallest absolute Gasteiger partial charge is 0.149 e. The summed E-state index contributed by atoms with van der Waals surface area (Å²) in [5.74, 6) is 1.99. The van der Waals surface area contributed by atoms with Gasteiger partial charge in [0.05, 0.1) is 0 Å². The fourth-order valence-electron chi connectivity index (χ4n) is 1.61. The van der Waals surface area contributed by atoms with E-state index in [1.54, 1.807) is 6.20 Å². The van der Waals surface area contributed by atoms with Gasteiger partial charge in [-0.3, -0.25) is 5.43 Å². The summed E-state index contributed by atoms with van der Waals surface area (Å²) < 4.78 is 0. The van der Waals surface area contributed by atoms with Crippen molar-refractivity contribution < 1.29 is 0 Å². The van der Waals surface area contributed by atoms with Crippen LogP contribution in [-0.4, -0.2) is 15.7 Å². The molecule has 0 aliphatic heterocycles. The first-order valence-corrected chi connectivity index (χ1v) is 6.15. The number of rotatable bonds is 6. The molecule has 1 aromatic heterocycles. The molecule has 4 heteroatoms. The minimum absolute atomic E-state index is 0.625. The molecule has 0 saturated carbocycles. The Morgan fingerprint density at radius 1 is 1.24 bits per heavy atom. The van der Waals surface area contributed by atoms with Crippen LogP contribution < -0.4 is 5.43 Å². The second-order valence-corrected chi connectivity index (χ2v) is 5.08. The third-order valence-corrected chi connectivity index (χ3v) is 2.20. The first-order chi connectivity index (χ1) is 8.08. The normalized spacial score (nSPS) is 10.7. The van der Waals surface area contributed by atoms with Crippen molar-refractivity contribution in [1.82, 2.24) is 9.97 Å². The molecule has 1 N–H and O–H groups in total. The monoisotopic (exact) mass is 234 g/mol. The van der Waals surface area contributed by atoms with Crippen molar-refractivity contribution in [1.29, 1.82) is 0 Å². The fourth-order valence-corrected chi connectivity index (χ4v) is 1.61. The van der Waals surface area contributed by atoms with E-state index in [4.69, 9.17) is 0 Å². The van der Waals surface area contributed by atoms with E-state index < -0.39 is 0 Å². The van der Waals surface area contributed by atoms with Gasteiger partial charge in [0.2, 0.25) is 0 Å². The lowest BCUT2D eigenvalue weighted by Crippen LogP contribution is -2.09. The van der Waals surface area contributed by atoms with Crippen LogP contribution in [0.1, 0.15) is 40.5 Å². The zero-order valence-electron chi connectivity index (χ0n) is 11.1. The zero-order valence-corrected chi connectivity index (χ0v) is 11.1. The van der Waals surface area contributed by atoms with Crippen molar-refractivity contribution in [2.75, 3.05) is 5.43 Å². The van der Waals surface area contributed by atoms with Gasteiger partial charge in [0.1, 0.15) is 12.1 Å². The van der Waals surface area contributed by atoms with Crippen molar-refractivity contribution in [3.8, 4) is 0 Å². The van der Waals surface area contributed by atoms with Gasteiger partial charge in [-0.25, -0.2) is 9.97 Å². The number of hydrogen-bond acceptors (Lipinski definition) is 4. The molecule has 1 aromatic rings. The maximum atomic E-state index is 4.45. The minimum atomic E-state index is 0.625. The van der Waals surface area contributed by atoms with Gasteiger partial charge in [0, 0.05) is 18.0 Å². The summed E-state index contributed by atoms with van der Waals surface area (Å²) in [5, 5.41) is 4.45. The summed E-state index contributed by atoms with van der Waals surface area (Å²) in [4.78, 5) is 7.95. The molecule has 0 aliphatic carbocycles. The second kappa shape index (κ2) is 6.99. The second-order valence-electron chi connectivity index (χ2n) is 5.08. The number of aromatic nitrogens is 2. The third-order valence-electron chi connectivity index (χ3n) is 2.20. The van der Waals surface area contributed by atoms with Crippen molar-refractivity contribution >= 4 is 11.5 Å². The van der Waals surface area contributed by atoms with E-state index in [2.05, 4.69) is 48.2 Å². The van der Waals surface area contributed by atoms with Gasteiger partial charge >= 0.3 is 0 Å². The lowest BCUT2D eigenvalue weighted by Gasteiger charge is -2.11. The van der Waals surface area contributed by atoms with Crippen LogP contribution in [-0.2, 0) is 0 Å². The molecule has 94 valence electrons. The molecule has 0 bridgehead atoms. The molecule has 1 rings (SSSR count). The summed E-state index contributed by atoms with van der Waals surface area (Å²) in [6, 6.07) is 1.81. The van der Waals surface area contributed by atoms with Crippen LogP contribution in [0.15, 0.2) is 23.7 Å². The van der Waals surface area contributed by atoms with E-state index >= 15 is 0 Å². The number of hydrazone groups is 1. The standard InChI is InChI=1S/C13H22N4/c1-10(2)7-12(8-11(3)4)16-17-13-5-6-14-9-15-13/h5-6,9-11H,7-8H2,1-4H3,(H,14,15,17). The average molecular weight is 234 g/mol. The summed E-state index contributed by atoms with van der Waals surface area (Å²) in [7, 11) is 0. The fraction of sp³-hybridized carbons (Fsp3) is 0.615. The predicted octanol–water partition coefficient (Wildman–Crippen LogP) is 3.34. The molecule has 0 fully saturated rings. The lowest BCUT2D eigenvalue weighted by atomic mass is 9.99. The summed E-state index contributed by atoms with van der Waals surface area (Å²) in [6.45, 7) is 8.84. The van der Waals surface area contributed by atoms with Crippen LogP contribution >= 0.6 is 0 Å². The predicted molar refractivity (Wildman–Crippen MR) is 72.0 cm³/mol. The van der Waals surface area contributed by atoms with Crippen LogP contribution in [0, 0.1) is 11.8 Å². The summed E-state index contributed by atoms with van der Waals surface area (Å²) >= 11 is 0. The molecule has 1 heterocycles. The van der Waals surface area contributed by atoms with Crippen molar-refractivity contribution in [3.63, 3.8) is 0 Å². The largest absolute Gasteiger partial charge is 0.261 e. The van der Waals surface area contributed by atoms with Gasteiger partial charge in [-0.1, -0.05) is 27.7 Å². The Hall–Kier alpha value is -1.45. The van der Waals surface area contributed by atoms with Crippen LogP contribution in [0.3, 0.4) is 0 Å². The van der Waals surface area contributed by atoms with Gasteiger partial charge in [0.25, 0.3) is 0 Å². The highest BCUT2D eigenvalue weighted by Crippen LogP contribution is 2.11. The molecule has 0 spiro atoms. The Morgan fingerprint density at radius 3 is 2.35 bits per heavy atom. The molecule has 0 amide bonds. The van der Waals surface area contributed by atoms with Gasteiger partial charge in [-0.15, -0.1) is 0 Å². The number of anilines is 1. The molecule has 4 nitrogen and oxygen atoms in total. The van der Waals surface area contributed by atoms with Crippen molar-refractivity contribution in [2.24, 2.45) is 16.9 Å². The van der Waals surface area contributed by atoms with Crippen molar-refractivity contribution in [3.05, 3.63) is 18.6 Å². The van der Waals surface area contributed by atoms with Crippen LogP contribution in [0.2, 0.25) is 0 Å². The first-order valence-electron chi connectivity index (χ1n) is 6.15. The van der Waals surface area contributed by atoms with Crippen LogP contribution in [0.5, 0.6) is 0 Å². The topological polar surface area (TPSA) is 50.2 Å². The minimum Gasteiger partial charge on any atom is -0.261 e. The van der Waals surface area contributed by atoms with Gasteiger partial charge in [-0.05, 0) is 24.7 Å². The molecule has 0 aromatic carbocycles. The Balaban J connectivity index is 2.62. The molecule has 0 unspecified atom stereocenters. The highest BCUT2D eigenvalue weighted by molar-refractivity contribution is 5.85. The Labute approximate surface area is 104 Å². The lowest BCUT2D eigenvalue weighted by molar-refractivity contribution is 0.634. The van der Waals surface area contributed by atoms with Gasteiger partial charge in [0.15, 0.2) is 0 Å². The van der Waals surface area contributed by atoms with E-state index in [1.165, 1.54) is 12.0 Å². The number of nitrogens with zero attached hydrogens (tertiary/aromatic N) is 3. The molecule has 0 aliphatic rings. The maximum absolute atomic E-state index is 4.45. The van der Waals surface area contributed by atoms with E-state index in [0.29, 0.717) is 11.8 Å². The summed E-state index contributed by atoms with van der Waals surface area (Å²) in [6.07, 6.45) is 5.27. The first kappa shape index (κ1) is 13.6.